The maximum atomic E-state index is 7.01. The minimum absolute atomic E-state index is 0.0678. The van der Waals surface area contributed by atoms with E-state index in [1.807, 2.05) is 0 Å². The quantitative estimate of drug-likeness (QED) is 0.165. The third kappa shape index (κ3) is 8.57. The number of fused-ring (bicyclic) bond motifs is 32. The molecule has 0 spiro atoms. The van der Waals surface area contributed by atoms with Gasteiger partial charge in [-0.25, -0.2) is 0 Å². The Hall–Kier alpha value is -13.8. The molecule has 116 heavy (non-hydrogen) atoms. The Balaban J connectivity index is 0.000000130. The van der Waals surface area contributed by atoms with Crippen LogP contribution < -0.4 is 0 Å². The summed E-state index contributed by atoms with van der Waals surface area (Å²) in [7, 11) is 0. The van der Waals surface area contributed by atoms with Crippen LogP contribution >= 0.6 is 0 Å². The van der Waals surface area contributed by atoms with Crippen molar-refractivity contribution in [1.29, 1.82) is 0 Å². The Labute approximate surface area is 670 Å². The maximum Gasteiger partial charge on any atom is 0.143 e. The largest absolute Gasteiger partial charge is 0.456 e. The Morgan fingerprint density at radius 1 is 0.164 bits per heavy atom. The van der Waals surface area contributed by atoms with Gasteiger partial charge in [-0.05, 0) is 226 Å². The van der Waals surface area contributed by atoms with Gasteiger partial charge in [-0.1, -0.05) is 310 Å². The van der Waals surface area contributed by atoms with E-state index in [9.17, 15) is 0 Å². The van der Waals surface area contributed by atoms with Crippen molar-refractivity contribution in [2.75, 3.05) is 0 Å². The lowest BCUT2D eigenvalue weighted by molar-refractivity contribution is 0.656. The van der Waals surface area contributed by atoms with E-state index in [-0.39, 0.29) is 21.7 Å². The second-order valence-corrected chi connectivity index (χ2v) is 35.0. The monoisotopic (exact) mass is 1480 g/mol. The molecule has 0 aliphatic heterocycles. The van der Waals surface area contributed by atoms with E-state index >= 15 is 0 Å². The molecule has 4 nitrogen and oxygen atoms in total. The highest BCUT2D eigenvalue weighted by molar-refractivity contribution is 6.28. The van der Waals surface area contributed by atoms with E-state index in [0.29, 0.717) is 0 Å². The predicted molar refractivity (Wildman–Crippen MR) is 484 cm³/mol. The minimum Gasteiger partial charge on any atom is -0.456 e. The zero-order chi connectivity index (χ0) is 77.3. The summed E-state index contributed by atoms with van der Waals surface area (Å²) in [5, 5.41) is 19.1. The Morgan fingerprint density at radius 2 is 0.431 bits per heavy atom. The van der Waals surface area contributed by atoms with Gasteiger partial charge in [0.05, 0.1) is 0 Å². The summed E-state index contributed by atoms with van der Waals surface area (Å²) in [6.45, 7) is 18.7. The van der Waals surface area contributed by atoms with Gasteiger partial charge in [-0.15, -0.1) is 0 Å². The highest BCUT2D eigenvalue weighted by Gasteiger charge is 2.42. The van der Waals surface area contributed by atoms with Crippen LogP contribution in [-0.4, -0.2) is 0 Å². The molecule has 4 heterocycles. The molecule has 4 aromatic heterocycles. The molecular weight excluding hydrogens is 1410 g/mol. The smallest absolute Gasteiger partial charge is 0.143 e. The van der Waals surface area contributed by atoms with Crippen LogP contribution in [0.5, 0.6) is 0 Å². The second-order valence-electron chi connectivity index (χ2n) is 35.0. The van der Waals surface area contributed by atoms with Gasteiger partial charge in [0.15, 0.2) is 0 Å². The van der Waals surface area contributed by atoms with Gasteiger partial charge in [-0.2, -0.15) is 0 Å². The number of hydrogen-bond donors (Lipinski definition) is 0. The van der Waals surface area contributed by atoms with E-state index in [2.05, 4.69) is 371 Å². The number of para-hydroxylation sites is 1. The third-order valence-corrected chi connectivity index (χ3v) is 27.7. The standard InChI is InChI=1S/2C56H38O2/c1-55(2)41-22-11-9-18-36(41)50-43(55)26-29-47-52(50)39-21-13-20-38(54(39)58-47)49-34-16-7-5-14-32(34)48(33-15-6-8-17-35(33)49)31-24-27-45-40(30-31)53-46(57-45)28-25-44-51(53)37-19-10-12-23-42(37)56(44,3)4;1-55(2)41-19-11-9-17-37(41)51-43(55)25-27-45-53(51)39-23-21-31(29-47(39)57-45)49-33-13-5-7-15-35(33)50(36-16-8-6-14-34(36)49)32-22-24-40-48(30-32)58-46-28-26-44-52(54(40)46)38-18-10-12-20-42(38)56(44,3)4/h2*5-30H,1-4H3. The Morgan fingerprint density at radius 3 is 0.802 bits per heavy atom. The molecule has 0 N–H and O–H groups in total. The molecule has 4 heteroatoms. The van der Waals surface area contributed by atoms with Gasteiger partial charge in [0, 0.05) is 75.9 Å². The van der Waals surface area contributed by atoms with Gasteiger partial charge >= 0.3 is 0 Å². The van der Waals surface area contributed by atoms with E-state index in [1.165, 1.54) is 181 Å². The van der Waals surface area contributed by atoms with Crippen molar-refractivity contribution in [3.05, 3.63) is 360 Å². The summed E-state index contributed by atoms with van der Waals surface area (Å²) in [6.07, 6.45) is 0. The highest BCUT2D eigenvalue weighted by atomic mass is 16.3. The molecule has 4 aliphatic carbocycles. The molecule has 0 saturated carbocycles. The SMILES string of the molecule is CC1(C)c2ccccc2-c2c1ccc1oc3cc(-c4c5ccccc5c(-c5ccc6c(c5)oc5ccc7c(c56)-c5ccccc5C7(C)C)c5ccccc45)ccc3c21.CC1(C)c2ccccc2-c2c1ccc1oc3ccc(-c4c5ccccc5c(-c5cccc6c5oc5ccc7c(c56)-c5ccccc5C7(C)C)c5ccccc45)cc3c21. The lowest BCUT2D eigenvalue weighted by Crippen LogP contribution is -2.14. The van der Waals surface area contributed by atoms with E-state index in [0.717, 1.165) is 82.9 Å². The summed E-state index contributed by atoms with van der Waals surface area (Å²) in [5.41, 5.74) is 37.9. The first-order valence-corrected chi connectivity index (χ1v) is 40.9. The molecule has 0 atom stereocenters. The molecule has 26 rings (SSSR count). The average molecular weight is 1490 g/mol. The first-order chi connectivity index (χ1) is 56.6. The molecule has 0 fully saturated rings. The van der Waals surface area contributed by atoms with E-state index < -0.39 is 0 Å². The summed E-state index contributed by atoms with van der Waals surface area (Å²) in [6, 6.07) is 116. The first kappa shape index (κ1) is 65.7. The highest BCUT2D eigenvalue weighted by Crippen LogP contribution is 2.60. The van der Waals surface area contributed by atoms with Crippen LogP contribution in [0.3, 0.4) is 0 Å². The van der Waals surface area contributed by atoms with Gasteiger partial charge in [0.25, 0.3) is 0 Å². The molecule has 0 bridgehead atoms. The van der Waals surface area contributed by atoms with Crippen LogP contribution in [0.15, 0.2) is 333 Å². The molecule has 0 unspecified atom stereocenters. The lowest BCUT2D eigenvalue weighted by Gasteiger charge is -2.21. The van der Waals surface area contributed by atoms with Gasteiger partial charge in [0.2, 0.25) is 0 Å². The van der Waals surface area contributed by atoms with Crippen LogP contribution in [0, 0.1) is 0 Å². The average Bonchev–Trinajstić information content (AvgIpc) is 1.37. The van der Waals surface area contributed by atoms with Crippen molar-refractivity contribution in [2.45, 2.75) is 77.0 Å². The van der Waals surface area contributed by atoms with Gasteiger partial charge < -0.3 is 17.7 Å². The zero-order valence-electron chi connectivity index (χ0n) is 65.7. The normalized spacial score (nSPS) is 14.8. The molecule has 0 radical (unpaired) electrons. The number of hydrogen-bond acceptors (Lipinski definition) is 4. The molecule has 0 amide bonds. The molecule has 4 aliphatic rings. The van der Waals surface area contributed by atoms with Crippen LogP contribution in [-0.2, 0) is 21.7 Å². The van der Waals surface area contributed by atoms with Crippen molar-refractivity contribution < 1.29 is 17.7 Å². The van der Waals surface area contributed by atoms with E-state index in [4.69, 9.17) is 17.7 Å². The summed E-state index contributed by atoms with van der Waals surface area (Å²) in [4.78, 5) is 0. The van der Waals surface area contributed by atoms with E-state index in [1.54, 1.807) is 0 Å². The molecule has 18 aromatic carbocycles. The lowest BCUT2D eigenvalue weighted by atomic mass is 9.82. The summed E-state index contributed by atoms with van der Waals surface area (Å²) < 4.78 is 27.1. The zero-order valence-corrected chi connectivity index (χ0v) is 65.7. The summed E-state index contributed by atoms with van der Waals surface area (Å²) >= 11 is 0. The third-order valence-electron chi connectivity index (χ3n) is 27.7. The van der Waals surface area contributed by atoms with Gasteiger partial charge in [0.1, 0.15) is 44.7 Å². The Kier molecular flexibility index (Phi) is 13.0. The van der Waals surface area contributed by atoms with Crippen molar-refractivity contribution >= 4 is 131 Å². The summed E-state index contributed by atoms with van der Waals surface area (Å²) in [5.74, 6) is 0. The minimum atomic E-state index is -0.0899. The van der Waals surface area contributed by atoms with Crippen LogP contribution in [0.4, 0.5) is 0 Å². The molecule has 22 aromatic rings. The van der Waals surface area contributed by atoms with Crippen molar-refractivity contribution in [3.8, 4) is 89.0 Å². The topological polar surface area (TPSA) is 52.6 Å². The maximum absolute atomic E-state index is 7.01. The van der Waals surface area contributed by atoms with Crippen LogP contribution in [0.2, 0.25) is 0 Å². The first-order valence-electron chi connectivity index (χ1n) is 40.9. The van der Waals surface area contributed by atoms with Crippen LogP contribution in [0.1, 0.15) is 99.9 Å². The number of rotatable bonds is 4. The molecule has 0 saturated heterocycles. The number of furan rings is 4. The predicted octanol–water partition coefficient (Wildman–Crippen LogP) is 31.5. The van der Waals surface area contributed by atoms with Gasteiger partial charge in [-0.3, -0.25) is 0 Å². The van der Waals surface area contributed by atoms with Crippen molar-refractivity contribution in [3.63, 3.8) is 0 Å². The molecule has 548 valence electrons. The van der Waals surface area contributed by atoms with Crippen molar-refractivity contribution in [1.82, 2.24) is 0 Å². The fourth-order valence-electron chi connectivity index (χ4n) is 22.4. The fourth-order valence-corrected chi connectivity index (χ4v) is 22.4. The van der Waals surface area contributed by atoms with Crippen molar-refractivity contribution in [2.24, 2.45) is 0 Å². The fraction of sp³-hybridized carbons (Fsp3) is 0.107. The second kappa shape index (κ2) is 23.0. The van der Waals surface area contributed by atoms with Crippen LogP contribution in [0.25, 0.3) is 220 Å². The molecular formula is C112H76O4. The number of benzene rings is 18. The Bertz CT molecular complexity index is 7860.